The van der Waals surface area contributed by atoms with Gasteiger partial charge in [0, 0.05) is 21.5 Å². The third-order valence-corrected chi connectivity index (χ3v) is 6.71. The number of rotatable bonds is 8. The Morgan fingerprint density at radius 1 is 1.25 bits per heavy atom. The molecule has 1 N–H and O–H groups in total. The smallest absolute Gasteiger partial charge is 0.0417 e. The number of hydrogen-bond acceptors (Lipinski definition) is 3. The van der Waals surface area contributed by atoms with Gasteiger partial charge in [0.1, 0.15) is 0 Å². The van der Waals surface area contributed by atoms with Crippen LogP contribution in [0.3, 0.4) is 0 Å². The van der Waals surface area contributed by atoms with Crippen molar-refractivity contribution in [2.45, 2.75) is 64.7 Å². The van der Waals surface area contributed by atoms with E-state index in [9.17, 15) is 0 Å². The molecular weight excluding hydrogens is 282 g/mol. The molecule has 0 aliphatic carbocycles. The molecule has 1 atom stereocenters. The van der Waals surface area contributed by atoms with Crippen molar-refractivity contribution in [3.63, 3.8) is 0 Å². The Bertz CT molecular complexity index is 372. The van der Waals surface area contributed by atoms with Crippen molar-refractivity contribution in [2.24, 2.45) is 5.92 Å². The maximum Gasteiger partial charge on any atom is 0.0417 e. The van der Waals surface area contributed by atoms with Crippen LogP contribution in [0.1, 0.15) is 67.8 Å². The number of aryl methyl sites for hydroxylation is 1. The first-order valence-electron chi connectivity index (χ1n) is 8.21. The normalized spacial score (nSPS) is 16.4. The van der Waals surface area contributed by atoms with Crippen molar-refractivity contribution in [1.29, 1.82) is 0 Å². The minimum absolute atomic E-state index is 0.584. The topological polar surface area (TPSA) is 12.0 Å². The molecule has 1 aromatic heterocycles. The second kappa shape index (κ2) is 8.45. The van der Waals surface area contributed by atoms with Gasteiger partial charge in [0.25, 0.3) is 0 Å². The van der Waals surface area contributed by atoms with Gasteiger partial charge in [0.2, 0.25) is 0 Å². The first-order chi connectivity index (χ1) is 9.78. The Kier molecular flexibility index (Phi) is 6.92. The van der Waals surface area contributed by atoms with Gasteiger partial charge in [-0.3, -0.25) is 0 Å². The predicted octanol–water partition coefficient (Wildman–Crippen LogP) is 5.40. The van der Waals surface area contributed by atoms with Crippen LogP contribution in [0.5, 0.6) is 0 Å². The zero-order valence-electron chi connectivity index (χ0n) is 13.2. The summed E-state index contributed by atoms with van der Waals surface area (Å²) in [6, 6.07) is 3.09. The van der Waals surface area contributed by atoms with Crippen LogP contribution in [0.25, 0.3) is 0 Å². The zero-order chi connectivity index (χ0) is 14.4. The molecule has 20 heavy (non-hydrogen) atoms. The molecule has 0 amide bonds. The average Bonchev–Trinajstić information content (AvgIpc) is 2.91. The van der Waals surface area contributed by atoms with Crippen LogP contribution in [-0.4, -0.2) is 12.3 Å². The summed E-state index contributed by atoms with van der Waals surface area (Å²) in [5.41, 5.74) is 1.62. The second-order valence-electron chi connectivity index (χ2n) is 5.82. The number of thioether (sulfide) groups is 1. The number of fused-ring (bicyclic) bond motifs is 1. The van der Waals surface area contributed by atoms with Gasteiger partial charge in [-0.1, -0.05) is 33.6 Å². The van der Waals surface area contributed by atoms with Crippen LogP contribution >= 0.6 is 23.1 Å². The highest BCUT2D eigenvalue weighted by Gasteiger charge is 2.21. The van der Waals surface area contributed by atoms with E-state index in [1.54, 1.807) is 15.3 Å². The van der Waals surface area contributed by atoms with Crippen molar-refractivity contribution in [2.75, 3.05) is 12.3 Å². The van der Waals surface area contributed by atoms with Gasteiger partial charge in [-0.15, -0.1) is 11.3 Å². The van der Waals surface area contributed by atoms with E-state index in [0.29, 0.717) is 6.04 Å². The number of thiophene rings is 1. The molecule has 1 aliphatic heterocycles. The van der Waals surface area contributed by atoms with Gasteiger partial charge in [-0.25, -0.2) is 0 Å². The number of hydrogen-bond donors (Lipinski definition) is 1. The molecule has 1 unspecified atom stereocenters. The maximum absolute atomic E-state index is 3.80. The van der Waals surface area contributed by atoms with Gasteiger partial charge in [-0.05, 0) is 49.1 Å². The molecule has 1 aromatic rings. The molecule has 2 heterocycles. The third kappa shape index (κ3) is 4.25. The molecule has 0 bridgehead atoms. The lowest BCUT2D eigenvalue weighted by Crippen LogP contribution is -2.23. The third-order valence-electron chi connectivity index (χ3n) is 4.35. The molecule has 0 saturated carbocycles. The van der Waals surface area contributed by atoms with Gasteiger partial charge in [0.15, 0.2) is 0 Å². The Morgan fingerprint density at radius 3 is 2.70 bits per heavy atom. The van der Waals surface area contributed by atoms with E-state index in [4.69, 9.17) is 0 Å². The first kappa shape index (κ1) is 16.4. The van der Waals surface area contributed by atoms with Gasteiger partial charge in [-0.2, -0.15) is 11.8 Å². The zero-order valence-corrected chi connectivity index (χ0v) is 14.8. The lowest BCUT2D eigenvalue weighted by molar-refractivity contribution is 0.374. The van der Waals surface area contributed by atoms with E-state index in [1.165, 1.54) is 43.6 Å². The minimum Gasteiger partial charge on any atom is -0.309 e. The van der Waals surface area contributed by atoms with Crippen molar-refractivity contribution < 1.29 is 0 Å². The second-order valence-corrected chi connectivity index (χ2v) is 8.10. The summed E-state index contributed by atoms with van der Waals surface area (Å²) >= 11 is 4.17. The molecule has 0 radical (unpaired) electrons. The summed E-state index contributed by atoms with van der Waals surface area (Å²) in [7, 11) is 0. The van der Waals surface area contributed by atoms with E-state index >= 15 is 0 Å². The van der Waals surface area contributed by atoms with Crippen molar-refractivity contribution >= 4 is 23.1 Å². The largest absolute Gasteiger partial charge is 0.309 e. The van der Waals surface area contributed by atoms with Gasteiger partial charge in [0.05, 0.1) is 0 Å². The molecule has 0 fully saturated rings. The quantitative estimate of drug-likeness (QED) is 0.689. The fourth-order valence-electron chi connectivity index (χ4n) is 2.92. The Morgan fingerprint density at radius 2 is 2.05 bits per heavy atom. The van der Waals surface area contributed by atoms with Crippen LogP contribution in [0.15, 0.2) is 6.07 Å². The van der Waals surface area contributed by atoms with Crippen molar-refractivity contribution in [3.8, 4) is 0 Å². The average molecular weight is 312 g/mol. The Hall–Kier alpha value is 0.01000. The molecule has 2 rings (SSSR count). The summed E-state index contributed by atoms with van der Waals surface area (Å²) < 4.78 is 0. The molecule has 1 aliphatic rings. The van der Waals surface area contributed by atoms with Crippen LogP contribution in [0.4, 0.5) is 0 Å². The first-order valence-corrected chi connectivity index (χ1v) is 10.2. The summed E-state index contributed by atoms with van der Waals surface area (Å²) in [6.45, 7) is 8.07. The maximum atomic E-state index is 3.80. The van der Waals surface area contributed by atoms with E-state index in [-0.39, 0.29) is 0 Å². The lowest BCUT2D eigenvalue weighted by Gasteiger charge is -2.22. The Balaban J connectivity index is 2.10. The molecular formula is C17H29NS2. The van der Waals surface area contributed by atoms with E-state index in [2.05, 4.69) is 55.3 Å². The van der Waals surface area contributed by atoms with E-state index < -0.39 is 0 Å². The summed E-state index contributed by atoms with van der Waals surface area (Å²) in [5, 5.41) is 3.80. The minimum atomic E-state index is 0.584. The molecule has 3 heteroatoms. The summed E-state index contributed by atoms with van der Waals surface area (Å²) in [4.78, 5) is 3.25. The standard InChI is InChI=1S/C17H29NS2/c1-4-8-18-15(10-13(5-2)6-3)17-11-14-12-19-9-7-16(14)20-17/h11,13,15,18H,4-10,12H2,1-3H3. The fourth-order valence-corrected chi connectivity index (χ4v) is 5.38. The van der Waals surface area contributed by atoms with Crippen LogP contribution in [0, 0.1) is 5.92 Å². The molecule has 0 spiro atoms. The van der Waals surface area contributed by atoms with Crippen molar-refractivity contribution in [1.82, 2.24) is 5.32 Å². The fraction of sp³-hybridized carbons (Fsp3) is 0.765. The monoisotopic (exact) mass is 311 g/mol. The molecule has 1 nitrogen and oxygen atoms in total. The highest BCUT2D eigenvalue weighted by Crippen LogP contribution is 2.36. The molecule has 0 aromatic carbocycles. The summed E-state index contributed by atoms with van der Waals surface area (Å²) in [6.07, 6.45) is 6.43. The van der Waals surface area contributed by atoms with Crippen LogP contribution in [-0.2, 0) is 12.2 Å². The SMILES string of the molecule is CCCNC(CC(CC)CC)c1cc2c(s1)CCSC2. The Labute approximate surface area is 132 Å². The van der Waals surface area contributed by atoms with E-state index in [1.807, 2.05) is 0 Å². The highest BCUT2D eigenvalue weighted by molar-refractivity contribution is 7.98. The molecule has 0 saturated heterocycles. The number of nitrogens with one attached hydrogen (secondary N) is 1. The van der Waals surface area contributed by atoms with Crippen LogP contribution in [0.2, 0.25) is 0 Å². The van der Waals surface area contributed by atoms with Crippen molar-refractivity contribution in [3.05, 3.63) is 21.4 Å². The van der Waals surface area contributed by atoms with Gasteiger partial charge < -0.3 is 5.32 Å². The van der Waals surface area contributed by atoms with Crippen LogP contribution < -0.4 is 5.32 Å². The molecule has 114 valence electrons. The lowest BCUT2D eigenvalue weighted by atomic mass is 9.94. The van der Waals surface area contributed by atoms with E-state index in [0.717, 1.165) is 12.5 Å². The predicted molar refractivity (Wildman–Crippen MR) is 93.9 cm³/mol. The summed E-state index contributed by atoms with van der Waals surface area (Å²) in [5.74, 6) is 3.40. The highest BCUT2D eigenvalue weighted by atomic mass is 32.2. The van der Waals surface area contributed by atoms with Gasteiger partial charge >= 0.3 is 0 Å².